The molecule has 0 heterocycles. The van der Waals surface area contributed by atoms with Gasteiger partial charge in [-0.1, -0.05) is 97.7 Å². The molecule has 7 nitrogen and oxygen atoms in total. The lowest BCUT2D eigenvalue weighted by molar-refractivity contribution is -0.140. The fraction of sp³-hybridized carbons (Fsp3) is 0.278. The topological polar surface area (TPSA) is 86.8 Å². The van der Waals surface area contributed by atoms with Gasteiger partial charge in [0.25, 0.3) is 10.0 Å². The maximum absolute atomic E-state index is 14.6. The number of aryl methyl sites for hydroxylation is 2. The van der Waals surface area contributed by atoms with Gasteiger partial charge in [-0.2, -0.15) is 0 Å². The van der Waals surface area contributed by atoms with Crippen LogP contribution in [0.4, 0.5) is 5.69 Å². The molecule has 4 rings (SSSR count). The fourth-order valence-electron chi connectivity index (χ4n) is 5.12. The van der Waals surface area contributed by atoms with Crippen molar-refractivity contribution in [3.8, 4) is 0 Å². The van der Waals surface area contributed by atoms with Crippen LogP contribution in [0.1, 0.15) is 42.0 Å². The summed E-state index contributed by atoms with van der Waals surface area (Å²) in [6.45, 7) is 5.91. The van der Waals surface area contributed by atoms with Gasteiger partial charge < -0.3 is 10.2 Å². The second-order valence-corrected chi connectivity index (χ2v) is 13.3. The Kier molecular flexibility index (Phi) is 11.8. The van der Waals surface area contributed by atoms with Gasteiger partial charge in [-0.25, -0.2) is 8.42 Å². The molecule has 0 radical (unpaired) electrons. The monoisotopic (exact) mass is 645 g/mol. The minimum atomic E-state index is -4.20. The minimum absolute atomic E-state index is 0.00607. The molecule has 0 aliphatic rings. The molecule has 0 bridgehead atoms. The fourth-order valence-corrected chi connectivity index (χ4v) is 6.73. The summed E-state index contributed by atoms with van der Waals surface area (Å²) in [6, 6.07) is 29.3. The van der Waals surface area contributed by atoms with Crippen LogP contribution in [0.3, 0.4) is 0 Å². The van der Waals surface area contributed by atoms with Crippen LogP contribution < -0.4 is 9.62 Å². The molecule has 0 saturated heterocycles. The van der Waals surface area contributed by atoms with E-state index < -0.39 is 28.5 Å². The molecular weight excluding hydrogens is 606 g/mol. The van der Waals surface area contributed by atoms with Crippen molar-refractivity contribution in [3.05, 3.63) is 130 Å². The van der Waals surface area contributed by atoms with Crippen molar-refractivity contribution in [1.82, 2.24) is 10.2 Å². The van der Waals surface area contributed by atoms with E-state index in [1.165, 1.54) is 29.2 Å². The first-order valence-electron chi connectivity index (χ1n) is 15.1. The largest absolute Gasteiger partial charge is 0.354 e. The Morgan fingerprint density at radius 3 is 2.09 bits per heavy atom. The summed E-state index contributed by atoms with van der Waals surface area (Å²) >= 11 is 6.07. The van der Waals surface area contributed by atoms with Gasteiger partial charge in [0.15, 0.2) is 0 Å². The number of amides is 2. The van der Waals surface area contributed by atoms with E-state index in [9.17, 15) is 18.0 Å². The summed E-state index contributed by atoms with van der Waals surface area (Å²) in [5.74, 6) is -0.775. The summed E-state index contributed by atoms with van der Waals surface area (Å²) in [5, 5.41) is 3.42. The number of carbonyl (C=O) groups excluding carboxylic acids is 2. The third kappa shape index (κ3) is 8.74. The van der Waals surface area contributed by atoms with Crippen molar-refractivity contribution < 1.29 is 18.0 Å². The zero-order valence-electron chi connectivity index (χ0n) is 25.9. The molecule has 45 heavy (non-hydrogen) atoms. The molecule has 236 valence electrons. The number of unbranched alkanes of at least 4 members (excludes halogenated alkanes) is 1. The molecule has 0 spiro atoms. The first-order chi connectivity index (χ1) is 21.6. The van der Waals surface area contributed by atoms with Gasteiger partial charge >= 0.3 is 0 Å². The third-order valence-electron chi connectivity index (χ3n) is 7.77. The van der Waals surface area contributed by atoms with Crippen LogP contribution in [-0.2, 0) is 32.6 Å². The van der Waals surface area contributed by atoms with Gasteiger partial charge in [-0.15, -0.1) is 0 Å². The van der Waals surface area contributed by atoms with Crippen LogP contribution >= 0.6 is 11.6 Å². The molecule has 0 unspecified atom stereocenters. The normalized spacial score (nSPS) is 11.9. The lowest BCUT2D eigenvalue weighted by atomic mass is 10.0. The Morgan fingerprint density at radius 1 is 0.822 bits per heavy atom. The number of rotatable bonds is 14. The highest BCUT2D eigenvalue weighted by molar-refractivity contribution is 7.92. The predicted octanol–water partition coefficient (Wildman–Crippen LogP) is 6.71. The molecule has 1 N–H and O–H groups in total. The van der Waals surface area contributed by atoms with Crippen molar-refractivity contribution in [2.45, 2.75) is 57.5 Å². The number of nitrogens with zero attached hydrogens (tertiary/aromatic N) is 2. The van der Waals surface area contributed by atoms with Gasteiger partial charge in [-0.3, -0.25) is 13.9 Å². The Balaban J connectivity index is 1.80. The molecule has 9 heteroatoms. The maximum atomic E-state index is 14.6. The summed E-state index contributed by atoms with van der Waals surface area (Å²) in [4.78, 5) is 30.0. The zero-order chi connectivity index (χ0) is 32.4. The molecule has 0 aliphatic heterocycles. The van der Waals surface area contributed by atoms with E-state index in [1.807, 2.05) is 74.5 Å². The second-order valence-electron chi connectivity index (χ2n) is 11.1. The first-order valence-corrected chi connectivity index (χ1v) is 16.9. The van der Waals surface area contributed by atoms with E-state index >= 15 is 0 Å². The number of hydrogen-bond acceptors (Lipinski definition) is 4. The summed E-state index contributed by atoms with van der Waals surface area (Å²) < 4.78 is 29.5. The first kappa shape index (κ1) is 33.7. The lowest BCUT2D eigenvalue weighted by Crippen LogP contribution is -2.53. The molecule has 0 saturated carbocycles. The Bertz CT molecular complexity index is 1700. The highest BCUT2D eigenvalue weighted by atomic mass is 35.5. The molecule has 4 aromatic rings. The zero-order valence-corrected chi connectivity index (χ0v) is 27.5. The van der Waals surface area contributed by atoms with Crippen LogP contribution in [0.5, 0.6) is 0 Å². The number of benzene rings is 4. The van der Waals surface area contributed by atoms with E-state index in [0.717, 1.165) is 33.8 Å². The van der Waals surface area contributed by atoms with Crippen molar-refractivity contribution in [1.29, 1.82) is 0 Å². The van der Waals surface area contributed by atoms with Gasteiger partial charge in [-0.05, 0) is 72.9 Å². The van der Waals surface area contributed by atoms with Crippen LogP contribution in [0.15, 0.2) is 108 Å². The van der Waals surface area contributed by atoms with Crippen LogP contribution in [0.2, 0.25) is 5.02 Å². The lowest BCUT2D eigenvalue weighted by Gasteiger charge is -2.34. The highest BCUT2D eigenvalue weighted by Crippen LogP contribution is 2.28. The molecule has 4 aromatic carbocycles. The molecule has 2 amide bonds. The molecule has 0 aromatic heterocycles. The minimum Gasteiger partial charge on any atom is -0.354 e. The number of anilines is 1. The van der Waals surface area contributed by atoms with Crippen LogP contribution in [0.25, 0.3) is 0 Å². The van der Waals surface area contributed by atoms with Crippen molar-refractivity contribution >= 4 is 39.1 Å². The van der Waals surface area contributed by atoms with E-state index in [2.05, 4.69) is 5.32 Å². The number of nitrogens with one attached hydrogen (secondary N) is 1. The summed E-state index contributed by atoms with van der Waals surface area (Å²) in [7, 11) is -4.20. The molecule has 0 aliphatic carbocycles. The van der Waals surface area contributed by atoms with E-state index in [0.29, 0.717) is 22.8 Å². The number of carbonyl (C=O) groups is 2. The van der Waals surface area contributed by atoms with Crippen molar-refractivity contribution in [2.24, 2.45) is 0 Å². The van der Waals surface area contributed by atoms with Gasteiger partial charge in [0.05, 0.1) is 10.6 Å². The summed E-state index contributed by atoms with van der Waals surface area (Å²) in [5.41, 5.74) is 3.79. The average molecular weight is 646 g/mol. The van der Waals surface area contributed by atoms with Crippen molar-refractivity contribution in [3.63, 3.8) is 0 Å². The Labute approximate surface area is 271 Å². The highest BCUT2D eigenvalue weighted by Gasteiger charge is 2.35. The molecule has 0 fully saturated rings. The maximum Gasteiger partial charge on any atom is 0.264 e. The Hall–Kier alpha value is -4.14. The van der Waals surface area contributed by atoms with Crippen LogP contribution in [-0.4, -0.2) is 44.3 Å². The standard InChI is InChI=1S/C36H40ClN3O4S/c1-4-5-23-38-36(42)34(24-29-15-7-6-8-16-29)39(25-30-17-11-9-13-27(30)2)35(41)26-40(33-18-12-10-14-28(33)3)45(43,44)32-21-19-31(37)20-22-32/h6-22,34H,4-5,23-26H2,1-3H3,(H,38,42)/t34-/m1/s1. The predicted molar refractivity (Wildman–Crippen MR) is 181 cm³/mol. The van der Waals surface area contributed by atoms with Gasteiger partial charge in [0.1, 0.15) is 12.6 Å². The number of sulfonamides is 1. The average Bonchev–Trinajstić information content (AvgIpc) is 3.03. The SMILES string of the molecule is CCCCNC(=O)[C@@H](Cc1ccccc1)N(Cc1ccccc1C)C(=O)CN(c1ccccc1C)S(=O)(=O)c1ccc(Cl)cc1. The van der Waals surface area contributed by atoms with E-state index in [4.69, 9.17) is 11.6 Å². The molecule has 1 atom stereocenters. The number of para-hydroxylation sites is 1. The van der Waals surface area contributed by atoms with Gasteiger partial charge in [0.2, 0.25) is 11.8 Å². The quantitative estimate of drug-likeness (QED) is 0.155. The van der Waals surface area contributed by atoms with E-state index in [-0.39, 0.29) is 23.8 Å². The number of halogens is 1. The third-order valence-corrected chi connectivity index (χ3v) is 9.79. The molecular formula is C36H40ClN3O4S. The van der Waals surface area contributed by atoms with Gasteiger partial charge in [0, 0.05) is 24.5 Å². The second kappa shape index (κ2) is 15.7. The van der Waals surface area contributed by atoms with Crippen molar-refractivity contribution in [2.75, 3.05) is 17.4 Å². The summed E-state index contributed by atoms with van der Waals surface area (Å²) in [6.07, 6.45) is 1.98. The Morgan fingerprint density at radius 2 is 1.44 bits per heavy atom. The van der Waals surface area contributed by atoms with E-state index in [1.54, 1.807) is 25.1 Å². The number of hydrogen-bond donors (Lipinski definition) is 1. The smallest absolute Gasteiger partial charge is 0.264 e. The van der Waals surface area contributed by atoms with Crippen LogP contribution in [0, 0.1) is 13.8 Å².